The highest BCUT2D eigenvalue weighted by molar-refractivity contribution is 6.29. The van der Waals surface area contributed by atoms with Crippen LogP contribution in [-0.4, -0.2) is 13.1 Å². The lowest BCUT2D eigenvalue weighted by Crippen LogP contribution is -2.22. The van der Waals surface area contributed by atoms with Crippen LogP contribution in [0.25, 0.3) is 0 Å². The summed E-state index contributed by atoms with van der Waals surface area (Å²) in [7, 11) is 0. The van der Waals surface area contributed by atoms with E-state index in [1.165, 1.54) is 25.7 Å². The zero-order valence-electron chi connectivity index (χ0n) is 6.91. The lowest BCUT2D eigenvalue weighted by molar-refractivity contribution is 0.293. The van der Waals surface area contributed by atoms with E-state index in [9.17, 15) is 0 Å². The first kappa shape index (κ1) is 9.08. The van der Waals surface area contributed by atoms with E-state index in [-0.39, 0.29) is 0 Å². The number of halogens is 1. The molecule has 1 aliphatic carbocycles. The van der Waals surface area contributed by atoms with E-state index in [1.54, 1.807) is 0 Å². The van der Waals surface area contributed by atoms with Crippen molar-refractivity contribution in [3.05, 3.63) is 11.6 Å². The van der Waals surface area contributed by atoms with Crippen molar-refractivity contribution in [1.29, 1.82) is 0 Å². The number of hydrogen-bond acceptors (Lipinski definition) is 1. The highest BCUT2D eigenvalue weighted by Gasteiger charge is 2.15. The standard InChI is InChI=1S/C9H16ClN/c1-8(10)7-11-6-5-9-3-2-4-9/h9,11H,1-7H2. The molecule has 0 aromatic heterocycles. The van der Waals surface area contributed by atoms with Crippen LogP contribution in [0.4, 0.5) is 0 Å². The predicted octanol–water partition coefficient (Wildman–Crippen LogP) is 2.52. The molecule has 1 saturated carbocycles. The molecule has 1 nitrogen and oxygen atoms in total. The average Bonchev–Trinajstić information content (AvgIpc) is 1.82. The van der Waals surface area contributed by atoms with Crippen LogP contribution in [0, 0.1) is 5.92 Å². The van der Waals surface area contributed by atoms with Gasteiger partial charge in [-0.2, -0.15) is 0 Å². The third kappa shape index (κ3) is 3.78. The highest BCUT2D eigenvalue weighted by Crippen LogP contribution is 2.28. The quantitative estimate of drug-likeness (QED) is 0.631. The molecule has 0 bridgehead atoms. The van der Waals surface area contributed by atoms with Gasteiger partial charge in [0, 0.05) is 11.6 Å². The van der Waals surface area contributed by atoms with Gasteiger partial charge in [-0.05, 0) is 18.9 Å². The van der Waals surface area contributed by atoms with Crippen LogP contribution < -0.4 is 5.32 Å². The Morgan fingerprint density at radius 1 is 1.55 bits per heavy atom. The monoisotopic (exact) mass is 173 g/mol. The Balaban J connectivity index is 1.83. The van der Waals surface area contributed by atoms with Crippen LogP contribution in [0.2, 0.25) is 0 Å². The predicted molar refractivity (Wildman–Crippen MR) is 49.8 cm³/mol. The van der Waals surface area contributed by atoms with Crippen molar-refractivity contribution in [2.24, 2.45) is 5.92 Å². The fourth-order valence-electron chi connectivity index (χ4n) is 1.31. The van der Waals surface area contributed by atoms with Gasteiger partial charge in [-0.1, -0.05) is 37.4 Å². The maximum absolute atomic E-state index is 5.58. The van der Waals surface area contributed by atoms with Gasteiger partial charge in [0.15, 0.2) is 0 Å². The maximum Gasteiger partial charge on any atom is 0.0307 e. The second kappa shape index (κ2) is 4.78. The van der Waals surface area contributed by atoms with Crippen molar-refractivity contribution in [3.63, 3.8) is 0 Å². The summed E-state index contributed by atoms with van der Waals surface area (Å²) in [6, 6.07) is 0. The summed E-state index contributed by atoms with van der Waals surface area (Å²) >= 11 is 5.58. The van der Waals surface area contributed by atoms with Gasteiger partial charge in [0.05, 0.1) is 0 Å². The molecular weight excluding hydrogens is 158 g/mol. The van der Waals surface area contributed by atoms with E-state index < -0.39 is 0 Å². The van der Waals surface area contributed by atoms with Crippen molar-refractivity contribution in [1.82, 2.24) is 5.32 Å². The molecule has 0 unspecified atom stereocenters. The Morgan fingerprint density at radius 2 is 2.27 bits per heavy atom. The molecule has 0 saturated heterocycles. The zero-order valence-corrected chi connectivity index (χ0v) is 7.66. The van der Waals surface area contributed by atoms with Crippen LogP contribution in [0.1, 0.15) is 25.7 Å². The largest absolute Gasteiger partial charge is 0.312 e. The van der Waals surface area contributed by atoms with Gasteiger partial charge >= 0.3 is 0 Å². The van der Waals surface area contributed by atoms with E-state index in [2.05, 4.69) is 11.9 Å². The summed E-state index contributed by atoms with van der Waals surface area (Å²) in [5.41, 5.74) is 0. The van der Waals surface area contributed by atoms with E-state index in [0.717, 1.165) is 19.0 Å². The SMILES string of the molecule is C=C(Cl)CNCCC1CCC1. The summed E-state index contributed by atoms with van der Waals surface area (Å²) < 4.78 is 0. The lowest BCUT2D eigenvalue weighted by atomic mass is 9.83. The molecule has 0 amide bonds. The maximum atomic E-state index is 5.58. The molecule has 0 aromatic rings. The Morgan fingerprint density at radius 3 is 2.73 bits per heavy atom. The molecule has 1 N–H and O–H groups in total. The first-order chi connectivity index (χ1) is 5.29. The Labute approximate surface area is 73.8 Å². The third-order valence-electron chi connectivity index (χ3n) is 2.27. The van der Waals surface area contributed by atoms with E-state index in [4.69, 9.17) is 11.6 Å². The first-order valence-corrected chi connectivity index (χ1v) is 4.71. The Kier molecular flexibility index (Phi) is 3.95. The molecule has 0 atom stereocenters. The molecule has 1 rings (SSSR count). The fraction of sp³-hybridized carbons (Fsp3) is 0.778. The van der Waals surface area contributed by atoms with Gasteiger partial charge in [-0.15, -0.1) is 0 Å². The van der Waals surface area contributed by atoms with Crippen LogP contribution in [0.5, 0.6) is 0 Å². The molecule has 0 spiro atoms. The van der Waals surface area contributed by atoms with E-state index in [1.807, 2.05) is 0 Å². The molecule has 0 radical (unpaired) electrons. The molecule has 2 heteroatoms. The van der Waals surface area contributed by atoms with Crippen LogP contribution in [0.15, 0.2) is 11.6 Å². The van der Waals surface area contributed by atoms with E-state index >= 15 is 0 Å². The van der Waals surface area contributed by atoms with Gasteiger partial charge in [-0.25, -0.2) is 0 Å². The van der Waals surface area contributed by atoms with Gasteiger partial charge in [0.2, 0.25) is 0 Å². The van der Waals surface area contributed by atoms with Gasteiger partial charge in [0.1, 0.15) is 0 Å². The Bertz CT molecular complexity index is 130. The number of rotatable bonds is 5. The van der Waals surface area contributed by atoms with Gasteiger partial charge in [-0.3, -0.25) is 0 Å². The normalized spacial score (nSPS) is 17.9. The minimum Gasteiger partial charge on any atom is -0.312 e. The number of hydrogen-bond donors (Lipinski definition) is 1. The molecular formula is C9H16ClN. The zero-order chi connectivity index (χ0) is 8.10. The smallest absolute Gasteiger partial charge is 0.0307 e. The summed E-state index contributed by atoms with van der Waals surface area (Å²) in [5.74, 6) is 0.992. The Hall–Kier alpha value is -0.0100. The molecule has 0 heterocycles. The van der Waals surface area contributed by atoms with Crippen LogP contribution >= 0.6 is 11.6 Å². The van der Waals surface area contributed by atoms with Crippen molar-refractivity contribution < 1.29 is 0 Å². The second-order valence-electron chi connectivity index (χ2n) is 3.28. The third-order valence-corrected chi connectivity index (χ3v) is 2.40. The molecule has 0 aromatic carbocycles. The topological polar surface area (TPSA) is 12.0 Å². The van der Waals surface area contributed by atoms with Crippen molar-refractivity contribution in [2.45, 2.75) is 25.7 Å². The van der Waals surface area contributed by atoms with Crippen molar-refractivity contribution in [2.75, 3.05) is 13.1 Å². The number of nitrogens with one attached hydrogen (secondary N) is 1. The molecule has 1 fully saturated rings. The van der Waals surface area contributed by atoms with Gasteiger partial charge < -0.3 is 5.32 Å². The van der Waals surface area contributed by atoms with Crippen LogP contribution in [-0.2, 0) is 0 Å². The van der Waals surface area contributed by atoms with Crippen LogP contribution in [0.3, 0.4) is 0 Å². The second-order valence-corrected chi connectivity index (χ2v) is 3.81. The molecule has 11 heavy (non-hydrogen) atoms. The first-order valence-electron chi connectivity index (χ1n) is 4.33. The summed E-state index contributed by atoms with van der Waals surface area (Å²) in [6.45, 7) is 5.46. The molecule has 0 aliphatic heterocycles. The van der Waals surface area contributed by atoms with E-state index in [0.29, 0.717) is 5.03 Å². The van der Waals surface area contributed by atoms with Crippen molar-refractivity contribution >= 4 is 11.6 Å². The summed E-state index contributed by atoms with van der Waals surface area (Å²) in [4.78, 5) is 0. The minimum absolute atomic E-state index is 0.707. The molecule has 64 valence electrons. The fourth-order valence-corrected chi connectivity index (χ4v) is 1.41. The minimum atomic E-state index is 0.707. The average molecular weight is 174 g/mol. The lowest BCUT2D eigenvalue weighted by Gasteiger charge is -2.25. The van der Waals surface area contributed by atoms with Crippen molar-refractivity contribution in [3.8, 4) is 0 Å². The van der Waals surface area contributed by atoms with Gasteiger partial charge in [0.25, 0.3) is 0 Å². The molecule has 1 aliphatic rings. The highest BCUT2D eigenvalue weighted by atomic mass is 35.5. The summed E-state index contributed by atoms with van der Waals surface area (Å²) in [5, 5.41) is 3.96. The summed E-state index contributed by atoms with van der Waals surface area (Å²) in [6.07, 6.45) is 5.62.